The molecule has 0 aromatic heterocycles. The second-order valence-corrected chi connectivity index (χ2v) is 4.49. The predicted octanol–water partition coefficient (Wildman–Crippen LogP) is 2.68. The fourth-order valence-electron chi connectivity index (χ4n) is 1.59. The Kier molecular flexibility index (Phi) is 4.33. The van der Waals surface area contributed by atoms with Crippen molar-refractivity contribution in [3.05, 3.63) is 11.1 Å². The lowest BCUT2D eigenvalue weighted by Gasteiger charge is -2.31. The predicted molar refractivity (Wildman–Crippen MR) is 60.2 cm³/mol. The number of hydrogen-bond acceptors (Lipinski definition) is 3. The minimum atomic E-state index is -0.205. The highest BCUT2D eigenvalue weighted by Crippen LogP contribution is 2.17. The van der Waals surface area contributed by atoms with Gasteiger partial charge in [-0.2, -0.15) is 0 Å². The summed E-state index contributed by atoms with van der Waals surface area (Å²) < 4.78 is 0. The Bertz CT molecular complexity index is 267. The summed E-state index contributed by atoms with van der Waals surface area (Å²) in [5.74, 6) is -0.205. The van der Waals surface area contributed by atoms with E-state index in [-0.39, 0.29) is 5.97 Å². The largest absolute Gasteiger partial charge is 0.364 e. The molecule has 0 aromatic carbocycles. The summed E-state index contributed by atoms with van der Waals surface area (Å²) in [6.07, 6.45) is 3.46. The molecule has 1 aliphatic rings. The third-order valence-electron chi connectivity index (χ3n) is 3.00. The van der Waals surface area contributed by atoms with Gasteiger partial charge in [-0.1, -0.05) is 12.0 Å². The van der Waals surface area contributed by atoms with E-state index in [1.165, 1.54) is 6.42 Å². The van der Waals surface area contributed by atoms with E-state index in [1.54, 1.807) is 0 Å². The molecule has 1 atom stereocenters. The zero-order chi connectivity index (χ0) is 11.4. The molecule has 0 spiro atoms. The standard InChI is InChI=1S/C12H21NO2/c1-9(2)11(4)12(14)15-13-8-6-5-7-10(13)3/h10H,5-8H2,1-4H3. The minimum absolute atomic E-state index is 0.205. The minimum Gasteiger partial charge on any atom is -0.364 e. The molecule has 1 saturated heterocycles. The van der Waals surface area contributed by atoms with Crippen molar-refractivity contribution in [3.8, 4) is 0 Å². The number of carbonyl (C=O) groups excluding carboxylic acids is 1. The van der Waals surface area contributed by atoms with Crippen LogP contribution in [-0.2, 0) is 9.63 Å². The van der Waals surface area contributed by atoms with Crippen LogP contribution in [0, 0.1) is 0 Å². The van der Waals surface area contributed by atoms with Gasteiger partial charge in [-0.25, -0.2) is 4.79 Å². The lowest BCUT2D eigenvalue weighted by Crippen LogP contribution is -2.39. The number of hydroxylamine groups is 2. The first-order valence-electron chi connectivity index (χ1n) is 5.65. The molecule has 86 valence electrons. The molecule has 0 N–H and O–H groups in total. The molecule has 0 amide bonds. The average Bonchev–Trinajstić information content (AvgIpc) is 2.20. The van der Waals surface area contributed by atoms with Gasteiger partial charge in [0.05, 0.1) is 0 Å². The molecule has 15 heavy (non-hydrogen) atoms. The maximum absolute atomic E-state index is 11.7. The van der Waals surface area contributed by atoms with Gasteiger partial charge in [0.25, 0.3) is 0 Å². The van der Waals surface area contributed by atoms with Gasteiger partial charge in [-0.3, -0.25) is 0 Å². The van der Waals surface area contributed by atoms with Crippen LogP contribution in [0.4, 0.5) is 0 Å². The highest BCUT2D eigenvalue weighted by atomic mass is 16.7. The Hall–Kier alpha value is -0.830. The van der Waals surface area contributed by atoms with E-state index in [0.29, 0.717) is 11.6 Å². The summed E-state index contributed by atoms with van der Waals surface area (Å²) in [7, 11) is 0. The Morgan fingerprint density at radius 3 is 2.47 bits per heavy atom. The number of allylic oxidation sites excluding steroid dienone is 1. The SMILES string of the molecule is CC(C)=C(C)C(=O)ON1CCCCC1C. The van der Waals surface area contributed by atoms with Gasteiger partial charge >= 0.3 is 5.97 Å². The summed E-state index contributed by atoms with van der Waals surface area (Å²) in [5.41, 5.74) is 1.73. The van der Waals surface area contributed by atoms with Crippen molar-refractivity contribution in [2.75, 3.05) is 6.54 Å². The van der Waals surface area contributed by atoms with Crippen LogP contribution in [0.2, 0.25) is 0 Å². The molecule has 3 nitrogen and oxygen atoms in total. The quantitative estimate of drug-likeness (QED) is 0.658. The van der Waals surface area contributed by atoms with Gasteiger partial charge < -0.3 is 4.84 Å². The van der Waals surface area contributed by atoms with E-state index >= 15 is 0 Å². The normalized spacial score (nSPS) is 22.3. The highest BCUT2D eigenvalue weighted by molar-refractivity contribution is 5.88. The summed E-state index contributed by atoms with van der Waals surface area (Å²) in [5, 5.41) is 1.82. The number of rotatable bonds is 2. The lowest BCUT2D eigenvalue weighted by atomic mass is 10.1. The van der Waals surface area contributed by atoms with Gasteiger partial charge in [0.2, 0.25) is 0 Å². The first-order chi connectivity index (χ1) is 7.02. The molecule has 1 heterocycles. The van der Waals surface area contributed by atoms with E-state index in [0.717, 1.165) is 25.0 Å². The smallest absolute Gasteiger partial charge is 0.352 e. The molecule has 1 unspecified atom stereocenters. The Morgan fingerprint density at radius 1 is 1.27 bits per heavy atom. The molecule has 0 radical (unpaired) electrons. The molecular formula is C12H21NO2. The second kappa shape index (κ2) is 5.31. The molecule has 1 rings (SSSR count). The summed E-state index contributed by atoms with van der Waals surface area (Å²) in [6.45, 7) is 8.63. The molecule has 1 fully saturated rings. The van der Waals surface area contributed by atoms with Crippen LogP contribution in [0.25, 0.3) is 0 Å². The van der Waals surface area contributed by atoms with E-state index in [4.69, 9.17) is 4.84 Å². The van der Waals surface area contributed by atoms with Crippen LogP contribution in [0.3, 0.4) is 0 Å². The van der Waals surface area contributed by atoms with Crippen molar-refractivity contribution in [3.63, 3.8) is 0 Å². The maximum atomic E-state index is 11.7. The fourth-order valence-corrected chi connectivity index (χ4v) is 1.59. The van der Waals surface area contributed by atoms with Crippen molar-refractivity contribution >= 4 is 5.97 Å². The number of carbonyl (C=O) groups is 1. The summed E-state index contributed by atoms with van der Waals surface area (Å²) in [4.78, 5) is 17.0. The summed E-state index contributed by atoms with van der Waals surface area (Å²) >= 11 is 0. The number of hydrogen-bond donors (Lipinski definition) is 0. The molecular weight excluding hydrogens is 190 g/mol. The first-order valence-corrected chi connectivity index (χ1v) is 5.65. The zero-order valence-corrected chi connectivity index (χ0v) is 10.2. The highest BCUT2D eigenvalue weighted by Gasteiger charge is 2.22. The van der Waals surface area contributed by atoms with E-state index < -0.39 is 0 Å². The fraction of sp³-hybridized carbons (Fsp3) is 0.750. The van der Waals surface area contributed by atoms with E-state index in [9.17, 15) is 4.79 Å². The van der Waals surface area contributed by atoms with Crippen LogP contribution in [0.5, 0.6) is 0 Å². The summed E-state index contributed by atoms with van der Waals surface area (Å²) in [6, 6.07) is 0.354. The van der Waals surface area contributed by atoms with Gasteiger partial charge in [0.15, 0.2) is 0 Å². The molecule has 3 heteroatoms. The van der Waals surface area contributed by atoms with Crippen LogP contribution in [-0.4, -0.2) is 23.6 Å². The lowest BCUT2D eigenvalue weighted by molar-refractivity contribution is -0.201. The number of piperidine rings is 1. The van der Waals surface area contributed by atoms with Crippen molar-refractivity contribution in [1.82, 2.24) is 5.06 Å². The van der Waals surface area contributed by atoms with Crippen LogP contribution >= 0.6 is 0 Å². The first kappa shape index (κ1) is 12.2. The van der Waals surface area contributed by atoms with E-state index in [2.05, 4.69) is 6.92 Å². The van der Waals surface area contributed by atoms with Gasteiger partial charge in [-0.05, 0) is 40.5 Å². The third kappa shape index (κ3) is 3.34. The molecule has 0 aliphatic carbocycles. The van der Waals surface area contributed by atoms with Crippen LogP contribution in [0.1, 0.15) is 47.0 Å². The average molecular weight is 211 g/mol. The topological polar surface area (TPSA) is 29.5 Å². The molecule has 1 aliphatic heterocycles. The monoisotopic (exact) mass is 211 g/mol. The van der Waals surface area contributed by atoms with Crippen molar-refractivity contribution in [2.24, 2.45) is 0 Å². The number of nitrogens with zero attached hydrogens (tertiary/aromatic N) is 1. The van der Waals surface area contributed by atoms with Gasteiger partial charge in [-0.15, -0.1) is 5.06 Å². The van der Waals surface area contributed by atoms with Gasteiger partial charge in [0.1, 0.15) is 0 Å². The van der Waals surface area contributed by atoms with Crippen molar-refractivity contribution < 1.29 is 9.63 Å². The van der Waals surface area contributed by atoms with Crippen molar-refractivity contribution in [1.29, 1.82) is 0 Å². The third-order valence-corrected chi connectivity index (χ3v) is 3.00. The maximum Gasteiger partial charge on any atom is 0.352 e. The van der Waals surface area contributed by atoms with Crippen LogP contribution < -0.4 is 0 Å². The Balaban J connectivity index is 2.54. The zero-order valence-electron chi connectivity index (χ0n) is 10.2. The molecule has 0 saturated carbocycles. The molecule has 0 bridgehead atoms. The van der Waals surface area contributed by atoms with Crippen molar-refractivity contribution in [2.45, 2.75) is 53.0 Å². The van der Waals surface area contributed by atoms with Gasteiger partial charge in [0, 0.05) is 18.2 Å². The molecule has 0 aromatic rings. The Morgan fingerprint density at radius 2 is 1.93 bits per heavy atom. The van der Waals surface area contributed by atoms with Crippen LogP contribution in [0.15, 0.2) is 11.1 Å². The Labute approximate surface area is 92.0 Å². The van der Waals surface area contributed by atoms with E-state index in [1.807, 2.05) is 25.8 Å². The second-order valence-electron chi connectivity index (χ2n) is 4.49.